The molecule has 0 unspecified atom stereocenters. The van der Waals surface area contributed by atoms with Gasteiger partial charge in [0.2, 0.25) is 11.8 Å². The van der Waals surface area contributed by atoms with Crippen molar-refractivity contribution in [1.82, 2.24) is 10.2 Å². The highest BCUT2D eigenvalue weighted by atomic mass is 16.6. The van der Waals surface area contributed by atoms with Crippen LogP contribution in [0.3, 0.4) is 0 Å². The predicted octanol–water partition coefficient (Wildman–Crippen LogP) is 2.10. The summed E-state index contributed by atoms with van der Waals surface area (Å²) >= 11 is 0. The maximum atomic E-state index is 13.2. The molecule has 2 aromatic rings. The van der Waals surface area contributed by atoms with Crippen molar-refractivity contribution in [1.29, 1.82) is 0 Å². The van der Waals surface area contributed by atoms with Gasteiger partial charge in [0.25, 0.3) is 0 Å². The second kappa shape index (κ2) is 7.99. The molecule has 30 heavy (non-hydrogen) atoms. The highest BCUT2D eigenvalue weighted by molar-refractivity contribution is 5.98. The van der Waals surface area contributed by atoms with E-state index in [9.17, 15) is 9.59 Å². The number of likely N-dealkylation sites (tertiary alicyclic amines) is 1. The molecular formula is C23H25N3O4. The third kappa shape index (κ3) is 3.61. The molecule has 0 bridgehead atoms. The Hall–Kier alpha value is -3.06. The maximum absolute atomic E-state index is 13.2. The first kappa shape index (κ1) is 18.9. The standard InChI is InChI=1S/C23H25N3O4/c27-22(25-17-7-8-20-21(13-17)30-11-10-29-20)19-6-3-9-26(19)23(28)18-12-15-4-1-2-5-16(15)14-24-18/h1-2,4-5,7-8,13,18-19,24H,3,6,9-12,14H2,(H,25,27)/t18-,19+/m0/s1. The van der Waals surface area contributed by atoms with E-state index in [4.69, 9.17) is 9.47 Å². The molecular weight excluding hydrogens is 382 g/mol. The van der Waals surface area contributed by atoms with E-state index in [1.807, 2.05) is 12.1 Å². The lowest BCUT2D eigenvalue weighted by Crippen LogP contribution is -2.53. The molecule has 0 aromatic heterocycles. The van der Waals surface area contributed by atoms with E-state index in [0.29, 0.717) is 56.3 Å². The Labute approximate surface area is 175 Å². The summed E-state index contributed by atoms with van der Waals surface area (Å²) in [7, 11) is 0. The molecule has 3 aliphatic rings. The van der Waals surface area contributed by atoms with Gasteiger partial charge in [-0.1, -0.05) is 24.3 Å². The molecule has 1 saturated heterocycles. The molecule has 3 heterocycles. The molecule has 2 N–H and O–H groups in total. The number of hydrogen-bond donors (Lipinski definition) is 2. The van der Waals surface area contributed by atoms with Gasteiger partial charge in [0.1, 0.15) is 19.3 Å². The number of fused-ring (bicyclic) bond motifs is 2. The van der Waals surface area contributed by atoms with Crippen LogP contribution in [0.25, 0.3) is 0 Å². The van der Waals surface area contributed by atoms with Gasteiger partial charge >= 0.3 is 0 Å². The predicted molar refractivity (Wildman–Crippen MR) is 112 cm³/mol. The SMILES string of the molecule is O=C(Nc1ccc2c(c1)OCCO2)[C@H]1CCCN1C(=O)[C@@H]1Cc2ccccc2CN1. The first-order chi connectivity index (χ1) is 14.7. The Balaban J connectivity index is 1.27. The molecule has 0 radical (unpaired) electrons. The zero-order valence-electron chi connectivity index (χ0n) is 16.7. The van der Waals surface area contributed by atoms with Crippen molar-refractivity contribution in [3.05, 3.63) is 53.6 Å². The van der Waals surface area contributed by atoms with Crippen LogP contribution in [-0.2, 0) is 22.6 Å². The molecule has 7 nitrogen and oxygen atoms in total. The van der Waals surface area contributed by atoms with Gasteiger partial charge in [-0.05, 0) is 42.5 Å². The average molecular weight is 407 g/mol. The van der Waals surface area contributed by atoms with Gasteiger partial charge in [-0.25, -0.2) is 0 Å². The average Bonchev–Trinajstić information content (AvgIpc) is 3.28. The normalized spacial score (nSPS) is 22.3. The summed E-state index contributed by atoms with van der Waals surface area (Å²) in [6.07, 6.45) is 2.15. The van der Waals surface area contributed by atoms with Crippen LogP contribution in [0.4, 0.5) is 5.69 Å². The van der Waals surface area contributed by atoms with E-state index in [1.54, 1.807) is 23.1 Å². The van der Waals surface area contributed by atoms with Gasteiger partial charge in [-0.2, -0.15) is 0 Å². The van der Waals surface area contributed by atoms with E-state index in [0.717, 1.165) is 6.42 Å². The number of nitrogens with zero attached hydrogens (tertiary/aromatic N) is 1. The molecule has 5 rings (SSSR count). The molecule has 1 fully saturated rings. The molecule has 3 aliphatic heterocycles. The summed E-state index contributed by atoms with van der Waals surface area (Å²) < 4.78 is 11.1. The smallest absolute Gasteiger partial charge is 0.247 e. The summed E-state index contributed by atoms with van der Waals surface area (Å²) in [6.45, 7) is 2.30. The third-order valence-corrected chi connectivity index (χ3v) is 6.03. The van der Waals surface area contributed by atoms with E-state index in [1.165, 1.54) is 11.1 Å². The van der Waals surface area contributed by atoms with Gasteiger partial charge in [0.15, 0.2) is 11.5 Å². The number of amides is 2. The van der Waals surface area contributed by atoms with Gasteiger partial charge in [-0.3, -0.25) is 9.59 Å². The first-order valence-corrected chi connectivity index (χ1v) is 10.5. The molecule has 156 valence electrons. The van der Waals surface area contributed by atoms with Crippen LogP contribution in [0.5, 0.6) is 11.5 Å². The molecule has 2 aromatic carbocycles. The van der Waals surface area contributed by atoms with Gasteiger partial charge in [-0.15, -0.1) is 0 Å². The minimum Gasteiger partial charge on any atom is -0.486 e. The number of carbonyl (C=O) groups is 2. The van der Waals surface area contributed by atoms with Crippen LogP contribution in [0.15, 0.2) is 42.5 Å². The minimum atomic E-state index is -0.454. The van der Waals surface area contributed by atoms with E-state index in [-0.39, 0.29) is 17.9 Å². The Morgan fingerprint density at radius 3 is 2.70 bits per heavy atom. The minimum absolute atomic E-state index is 0.00401. The number of hydrogen-bond acceptors (Lipinski definition) is 5. The van der Waals surface area contributed by atoms with Crippen LogP contribution in [0.2, 0.25) is 0 Å². The van der Waals surface area contributed by atoms with Crippen molar-refractivity contribution in [2.45, 2.75) is 37.9 Å². The summed E-state index contributed by atoms with van der Waals surface area (Å²) in [5.74, 6) is 1.15. The van der Waals surface area contributed by atoms with Crippen molar-refractivity contribution in [2.24, 2.45) is 0 Å². The summed E-state index contributed by atoms with van der Waals surface area (Å²) in [6, 6.07) is 12.8. The molecule has 2 atom stereocenters. The van der Waals surface area contributed by atoms with Crippen LogP contribution in [0.1, 0.15) is 24.0 Å². The van der Waals surface area contributed by atoms with Crippen molar-refractivity contribution < 1.29 is 19.1 Å². The monoisotopic (exact) mass is 407 g/mol. The Morgan fingerprint density at radius 1 is 1.03 bits per heavy atom. The van der Waals surface area contributed by atoms with Gasteiger partial charge in [0.05, 0.1) is 6.04 Å². The molecule has 0 saturated carbocycles. The molecule has 2 amide bonds. The number of ether oxygens (including phenoxy) is 2. The van der Waals surface area contributed by atoms with Gasteiger partial charge in [0, 0.05) is 24.8 Å². The van der Waals surface area contributed by atoms with Crippen LogP contribution >= 0.6 is 0 Å². The fourth-order valence-electron chi connectivity index (χ4n) is 4.48. The second-order valence-corrected chi connectivity index (χ2v) is 7.94. The summed E-state index contributed by atoms with van der Waals surface area (Å²) in [5, 5.41) is 6.29. The quantitative estimate of drug-likeness (QED) is 0.815. The second-order valence-electron chi connectivity index (χ2n) is 7.94. The molecule has 7 heteroatoms. The lowest BCUT2D eigenvalue weighted by atomic mass is 9.95. The van der Waals surface area contributed by atoms with Crippen LogP contribution in [0, 0.1) is 0 Å². The van der Waals surface area contributed by atoms with Crippen LogP contribution < -0.4 is 20.1 Å². The highest BCUT2D eigenvalue weighted by Gasteiger charge is 2.38. The lowest BCUT2D eigenvalue weighted by molar-refractivity contribution is -0.138. The van der Waals surface area contributed by atoms with E-state index in [2.05, 4.69) is 22.8 Å². The fraction of sp³-hybridized carbons (Fsp3) is 0.391. The van der Waals surface area contributed by atoms with Crippen molar-refractivity contribution in [3.8, 4) is 11.5 Å². The van der Waals surface area contributed by atoms with Crippen molar-refractivity contribution >= 4 is 17.5 Å². The molecule has 0 aliphatic carbocycles. The first-order valence-electron chi connectivity index (χ1n) is 10.5. The fourth-order valence-corrected chi connectivity index (χ4v) is 4.48. The zero-order chi connectivity index (χ0) is 20.5. The topological polar surface area (TPSA) is 79.9 Å². The van der Waals surface area contributed by atoms with Crippen LogP contribution in [-0.4, -0.2) is 48.6 Å². The van der Waals surface area contributed by atoms with Gasteiger partial charge < -0.3 is 25.0 Å². The Bertz CT molecular complexity index is 977. The third-order valence-electron chi connectivity index (χ3n) is 6.03. The largest absolute Gasteiger partial charge is 0.486 e. The lowest BCUT2D eigenvalue weighted by Gasteiger charge is -2.31. The van der Waals surface area contributed by atoms with Crippen molar-refractivity contribution in [3.63, 3.8) is 0 Å². The number of rotatable bonds is 3. The van der Waals surface area contributed by atoms with E-state index < -0.39 is 6.04 Å². The number of carbonyl (C=O) groups excluding carboxylic acids is 2. The Kier molecular flexibility index (Phi) is 5.04. The maximum Gasteiger partial charge on any atom is 0.247 e. The zero-order valence-corrected chi connectivity index (χ0v) is 16.7. The van der Waals surface area contributed by atoms with Crippen molar-refractivity contribution in [2.75, 3.05) is 25.1 Å². The highest BCUT2D eigenvalue weighted by Crippen LogP contribution is 2.33. The number of anilines is 1. The summed E-state index contributed by atoms with van der Waals surface area (Å²) in [4.78, 5) is 27.9. The molecule has 0 spiro atoms. The van der Waals surface area contributed by atoms with E-state index >= 15 is 0 Å². The number of benzene rings is 2. The Morgan fingerprint density at radius 2 is 1.83 bits per heavy atom. The summed E-state index contributed by atoms with van der Waals surface area (Å²) in [5.41, 5.74) is 3.08. The number of nitrogens with one attached hydrogen (secondary N) is 2.